The summed E-state index contributed by atoms with van der Waals surface area (Å²) in [6.45, 7) is 0. The third-order valence-corrected chi connectivity index (χ3v) is 1.02. The van der Waals surface area contributed by atoms with E-state index in [0.717, 1.165) is 5.69 Å². The molecule has 1 aromatic rings. The summed E-state index contributed by atoms with van der Waals surface area (Å²) < 4.78 is 0. The number of rotatable bonds is 1. The van der Waals surface area contributed by atoms with Crippen LogP contribution < -0.4 is 35.3 Å². The summed E-state index contributed by atoms with van der Waals surface area (Å²) in [5.74, 6) is 0. The van der Waals surface area contributed by atoms with Crippen LogP contribution in [0.2, 0.25) is 0 Å². The van der Waals surface area contributed by atoms with Crippen molar-refractivity contribution >= 4 is 23.1 Å². The van der Waals surface area contributed by atoms with Crippen LogP contribution in [-0.4, -0.2) is 5.16 Å². The van der Waals surface area contributed by atoms with E-state index in [4.69, 9.17) is 5.26 Å². The van der Waals surface area contributed by atoms with Crippen molar-refractivity contribution in [3.8, 4) is 6.19 Å². The molecule has 0 aliphatic rings. The maximum atomic E-state index is 7.10. The summed E-state index contributed by atoms with van der Waals surface area (Å²) in [6, 6.07) is 9.50. The van der Waals surface area contributed by atoms with Gasteiger partial charge in [0.25, 0.3) is 0 Å². The molecule has 0 aromatic heterocycles. The van der Waals surface area contributed by atoms with Crippen LogP contribution >= 0.6 is 12.2 Å². The molecule has 3 nitrogen and oxygen atoms in total. The average molecular weight is 201 g/mol. The van der Waals surface area contributed by atoms with Crippen molar-refractivity contribution < 1.29 is 31.0 Å². The Morgan fingerprint density at radius 3 is 2.23 bits per heavy atom. The van der Waals surface area contributed by atoms with Crippen molar-refractivity contribution in [2.45, 2.75) is 0 Å². The number of nitrogens with zero attached hydrogens (tertiary/aromatic N) is 2. The number of nitrogens with two attached hydrogens (primary N) is 1. The Hall–Kier alpha value is -0.690. The number of hydrogen-bond acceptors (Lipinski definition) is 4. The Morgan fingerprint density at radius 2 is 1.85 bits per heavy atom. The van der Waals surface area contributed by atoms with Gasteiger partial charge in [-0.2, -0.15) is 10.3 Å². The van der Waals surface area contributed by atoms with Gasteiger partial charge in [0.2, 0.25) is 0 Å². The van der Waals surface area contributed by atoms with Crippen molar-refractivity contribution in [2.24, 2.45) is 10.7 Å². The SMILES string of the molecule is N#CN.S=C=Nc1ccccc1.[H+].[Na+]. The second kappa shape index (κ2) is 11.3. The molecule has 0 unspecified atom stereocenters. The number of isothiocyanates is 1. The summed E-state index contributed by atoms with van der Waals surface area (Å²) in [5.41, 5.74) is 5.01. The Balaban J connectivity index is -0.000000218. The number of thiocarbonyl (C=S) groups is 1. The van der Waals surface area contributed by atoms with Gasteiger partial charge in [0.15, 0.2) is 6.19 Å². The molecule has 60 valence electrons. The summed E-state index contributed by atoms with van der Waals surface area (Å²) in [7, 11) is 0. The van der Waals surface area contributed by atoms with E-state index < -0.39 is 0 Å². The van der Waals surface area contributed by atoms with E-state index >= 15 is 0 Å². The average Bonchev–Trinajstić information content (AvgIpc) is 2.08. The minimum Gasteiger partial charge on any atom is -0.337 e. The topological polar surface area (TPSA) is 62.2 Å². The molecule has 0 aliphatic carbocycles. The number of hydrogen-bond donors (Lipinski definition) is 1. The Morgan fingerprint density at radius 1 is 1.38 bits per heavy atom. The summed E-state index contributed by atoms with van der Waals surface area (Å²) in [4.78, 5) is 3.77. The van der Waals surface area contributed by atoms with Crippen LogP contribution in [0.25, 0.3) is 0 Å². The largest absolute Gasteiger partial charge is 1.00 e. The van der Waals surface area contributed by atoms with Crippen LogP contribution in [0.1, 0.15) is 1.43 Å². The molecular formula is C8H8N3NaS+2. The molecule has 0 spiro atoms. The molecule has 1 rings (SSSR count). The van der Waals surface area contributed by atoms with Crippen LogP contribution in [0, 0.1) is 11.5 Å². The summed E-state index contributed by atoms with van der Waals surface area (Å²) in [5, 5.41) is 9.39. The van der Waals surface area contributed by atoms with E-state index in [0.29, 0.717) is 0 Å². The van der Waals surface area contributed by atoms with Gasteiger partial charge in [0, 0.05) is 0 Å². The van der Waals surface area contributed by atoms with E-state index in [2.05, 4.69) is 28.1 Å². The smallest absolute Gasteiger partial charge is 0.337 e. The van der Waals surface area contributed by atoms with Crippen LogP contribution in [-0.2, 0) is 0 Å². The van der Waals surface area contributed by atoms with E-state index in [1.807, 2.05) is 30.3 Å². The van der Waals surface area contributed by atoms with Gasteiger partial charge in [-0.05, 0) is 24.4 Å². The second-order valence-corrected chi connectivity index (χ2v) is 1.85. The molecule has 0 fully saturated rings. The monoisotopic (exact) mass is 201 g/mol. The maximum absolute atomic E-state index is 7.10. The zero-order valence-corrected chi connectivity index (χ0v) is 10.1. The fourth-order valence-corrected chi connectivity index (χ4v) is 0.661. The maximum Gasteiger partial charge on any atom is 1.00 e. The van der Waals surface area contributed by atoms with Crippen molar-refractivity contribution in [3.63, 3.8) is 0 Å². The van der Waals surface area contributed by atoms with Gasteiger partial charge < -0.3 is 5.73 Å². The molecule has 0 amide bonds. The first kappa shape index (κ1) is 14.8. The molecule has 0 bridgehead atoms. The number of aliphatic imine (C=N–C) groups is 1. The van der Waals surface area contributed by atoms with E-state index in [1.165, 1.54) is 6.19 Å². The number of benzene rings is 1. The first-order valence-electron chi connectivity index (χ1n) is 3.07. The number of nitriles is 1. The minimum atomic E-state index is 0. The first-order chi connectivity index (χ1) is 5.85. The Labute approximate surface area is 106 Å². The molecule has 0 radical (unpaired) electrons. The molecule has 0 saturated carbocycles. The van der Waals surface area contributed by atoms with Crippen molar-refractivity contribution in [3.05, 3.63) is 30.3 Å². The van der Waals surface area contributed by atoms with Crippen LogP contribution in [0.5, 0.6) is 0 Å². The van der Waals surface area contributed by atoms with Crippen LogP contribution in [0.4, 0.5) is 5.69 Å². The molecule has 0 aliphatic heterocycles. The van der Waals surface area contributed by atoms with Gasteiger partial charge in [-0.25, -0.2) is 0 Å². The quantitative estimate of drug-likeness (QED) is 0.208. The zero-order chi connectivity index (χ0) is 9.23. The van der Waals surface area contributed by atoms with E-state index in [9.17, 15) is 0 Å². The minimum absolute atomic E-state index is 0. The van der Waals surface area contributed by atoms with E-state index in [1.54, 1.807) is 0 Å². The van der Waals surface area contributed by atoms with Crippen molar-refractivity contribution in [1.29, 1.82) is 5.26 Å². The molecular weight excluding hydrogens is 193 g/mol. The molecule has 13 heavy (non-hydrogen) atoms. The van der Waals surface area contributed by atoms with Gasteiger partial charge in [0.1, 0.15) is 0 Å². The fourth-order valence-electron chi connectivity index (χ4n) is 0.555. The van der Waals surface area contributed by atoms with Gasteiger partial charge in [-0.3, -0.25) is 0 Å². The molecule has 5 heteroatoms. The molecule has 2 N–H and O–H groups in total. The molecule has 1 aromatic carbocycles. The first-order valence-corrected chi connectivity index (χ1v) is 3.48. The molecule has 0 atom stereocenters. The fraction of sp³-hybridized carbons (Fsp3) is 0. The van der Waals surface area contributed by atoms with Gasteiger partial charge in [0.05, 0.1) is 10.8 Å². The summed E-state index contributed by atoms with van der Waals surface area (Å²) >= 11 is 4.42. The van der Waals surface area contributed by atoms with E-state index in [-0.39, 0.29) is 31.0 Å². The predicted molar refractivity (Wildman–Crippen MR) is 52.0 cm³/mol. The predicted octanol–water partition coefficient (Wildman–Crippen LogP) is -1.04. The zero-order valence-electron chi connectivity index (χ0n) is 8.27. The van der Waals surface area contributed by atoms with Gasteiger partial charge in [-0.15, -0.1) is 0 Å². The molecule has 0 heterocycles. The third kappa shape index (κ3) is 9.22. The second-order valence-electron chi connectivity index (χ2n) is 1.67. The van der Waals surface area contributed by atoms with Gasteiger partial charge in [-0.1, -0.05) is 18.2 Å². The van der Waals surface area contributed by atoms with Crippen LogP contribution in [0.3, 0.4) is 0 Å². The normalized spacial score (nSPS) is 6.08. The van der Waals surface area contributed by atoms with Crippen molar-refractivity contribution in [1.82, 2.24) is 0 Å². The molecule has 0 saturated heterocycles. The summed E-state index contributed by atoms with van der Waals surface area (Å²) in [6.07, 6.45) is 1.25. The number of para-hydroxylation sites is 1. The standard InChI is InChI=1S/C7H5NS.CH2N2.Na/c9-6-8-7-4-2-1-3-5-7;2-1-3;/h1-5H;2H2;/q;;+1/p+1. The van der Waals surface area contributed by atoms with Gasteiger partial charge >= 0.3 is 31.0 Å². The Bertz CT molecular complexity index is 306. The third-order valence-electron chi connectivity index (χ3n) is 0.931. The van der Waals surface area contributed by atoms with Crippen LogP contribution in [0.15, 0.2) is 35.3 Å². The Kier molecular flexibility index (Phi) is 12.9. The van der Waals surface area contributed by atoms with Crippen molar-refractivity contribution in [2.75, 3.05) is 0 Å².